The van der Waals surface area contributed by atoms with Crippen molar-refractivity contribution < 1.29 is 5.11 Å². The fraction of sp³-hybridized carbons (Fsp3) is 0.583. The first kappa shape index (κ1) is 12.3. The van der Waals surface area contributed by atoms with Gasteiger partial charge in [0.25, 0.3) is 0 Å². The highest BCUT2D eigenvalue weighted by molar-refractivity contribution is 5.80. The molecule has 2 aromatic rings. The first-order chi connectivity index (χ1) is 9.19. The number of nitrogens with two attached hydrogens (primary N) is 1. The number of nitrogen functional groups attached to an aromatic ring is 1. The molecule has 0 spiro atoms. The lowest BCUT2D eigenvalue weighted by atomic mass is 10.0. The molecule has 19 heavy (non-hydrogen) atoms. The summed E-state index contributed by atoms with van der Waals surface area (Å²) in [5.41, 5.74) is 7.13. The summed E-state index contributed by atoms with van der Waals surface area (Å²) in [7, 11) is 0. The monoisotopic (exact) mass is 262 g/mol. The topological polar surface area (TPSA) is 93.1 Å². The molecule has 3 rings (SSSR count). The Balaban J connectivity index is 1.81. The Morgan fingerprint density at radius 2 is 2.21 bits per heavy atom. The molecule has 1 aliphatic rings. The van der Waals surface area contributed by atoms with Crippen LogP contribution >= 0.6 is 0 Å². The maximum Gasteiger partial charge on any atom is 0.166 e. The standard InChI is InChI=1S/C12H18N6O/c1-2-8-3-17(4-9(8)19)7-18-6-16-10-11(13)14-5-15-12(10)18/h5-6,8-9,19H,2-4,7H2,1H3,(H2,13,14,15)/t8-,9-/m1/s1. The molecule has 0 aromatic carbocycles. The Kier molecular flexibility index (Phi) is 3.08. The van der Waals surface area contributed by atoms with Gasteiger partial charge < -0.3 is 15.4 Å². The molecule has 0 aliphatic carbocycles. The van der Waals surface area contributed by atoms with Crippen LogP contribution < -0.4 is 5.73 Å². The van der Waals surface area contributed by atoms with E-state index in [0.29, 0.717) is 30.5 Å². The predicted molar refractivity (Wildman–Crippen MR) is 71.1 cm³/mol. The van der Waals surface area contributed by atoms with E-state index in [-0.39, 0.29) is 6.10 Å². The second-order valence-corrected chi connectivity index (χ2v) is 5.06. The van der Waals surface area contributed by atoms with Gasteiger partial charge in [0.2, 0.25) is 0 Å². The number of likely N-dealkylation sites (tertiary alicyclic amines) is 1. The highest BCUT2D eigenvalue weighted by Gasteiger charge is 2.30. The fourth-order valence-electron chi connectivity index (χ4n) is 2.68. The van der Waals surface area contributed by atoms with Crippen molar-refractivity contribution >= 4 is 17.0 Å². The second-order valence-electron chi connectivity index (χ2n) is 5.06. The molecule has 102 valence electrons. The van der Waals surface area contributed by atoms with Crippen molar-refractivity contribution in [2.45, 2.75) is 26.1 Å². The van der Waals surface area contributed by atoms with Gasteiger partial charge in [0.15, 0.2) is 11.5 Å². The van der Waals surface area contributed by atoms with Gasteiger partial charge >= 0.3 is 0 Å². The first-order valence-electron chi connectivity index (χ1n) is 6.50. The van der Waals surface area contributed by atoms with Crippen molar-refractivity contribution in [3.05, 3.63) is 12.7 Å². The summed E-state index contributed by atoms with van der Waals surface area (Å²) in [6.45, 7) is 4.37. The van der Waals surface area contributed by atoms with Gasteiger partial charge in [0.1, 0.15) is 11.8 Å². The van der Waals surface area contributed by atoms with Crippen molar-refractivity contribution in [3.63, 3.8) is 0 Å². The maximum atomic E-state index is 9.93. The molecule has 0 saturated carbocycles. The molecule has 0 amide bonds. The van der Waals surface area contributed by atoms with Crippen LogP contribution in [0.4, 0.5) is 5.82 Å². The average Bonchev–Trinajstić information content (AvgIpc) is 2.95. The van der Waals surface area contributed by atoms with Gasteiger partial charge in [-0.15, -0.1) is 0 Å². The van der Waals surface area contributed by atoms with Crippen LogP contribution in [0.25, 0.3) is 11.2 Å². The molecule has 0 radical (unpaired) electrons. The van der Waals surface area contributed by atoms with Crippen LogP contribution in [-0.4, -0.2) is 48.7 Å². The Morgan fingerprint density at radius 3 is 2.95 bits per heavy atom. The van der Waals surface area contributed by atoms with Gasteiger partial charge in [-0.3, -0.25) is 4.90 Å². The minimum atomic E-state index is -0.237. The number of anilines is 1. The third kappa shape index (κ3) is 2.15. The van der Waals surface area contributed by atoms with Gasteiger partial charge in [-0.05, 0) is 12.3 Å². The number of hydrogen-bond acceptors (Lipinski definition) is 6. The van der Waals surface area contributed by atoms with E-state index in [4.69, 9.17) is 5.73 Å². The number of imidazole rings is 1. The van der Waals surface area contributed by atoms with Gasteiger partial charge in [0.05, 0.1) is 19.1 Å². The predicted octanol–water partition coefficient (Wildman–Crippen LogP) is 0.0687. The van der Waals surface area contributed by atoms with Crippen LogP contribution in [0, 0.1) is 5.92 Å². The third-order valence-electron chi connectivity index (χ3n) is 3.79. The zero-order chi connectivity index (χ0) is 13.4. The molecule has 3 N–H and O–H groups in total. The molecule has 3 heterocycles. The Morgan fingerprint density at radius 1 is 1.37 bits per heavy atom. The summed E-state index contributed by atoms with van der Waals surface area (Å²) in [5, 5.41) is 9.93. The molecule has 7 heteroatoms. The van der Waals surface area contributed by atoms with Gasteiger partial charge in [-0.1, -0.05) is 6.92 Å². The van der Waals surface area contributed by atoms with Crippen LogP contribution in [0.3, 0.4) is 0 Å². The summed E-state index contributed by atoms with van der Waals surface area (Å²) >= 11 is 0. The van der Waals surface area contributed by atoms with Crippen molar-refractivity contribution in [2.24, 2.45) is 5.92 Å². The van der Waals surface area contributed by atoms with E-state index in [1.807, 2.05) is 4.57 Å². The SMILES string of the molecule is CC[C@@H]1CN(Cn2cnc3c(N)ncnc32)C[C@H]1O. The van der Waals surface area contributed by atoms with E-state index in [9.17, 15) is 5.11 Å². The number of aliphatic hydroxyl groups is 1. The number of fused-ring (bicyclic) bond motifs is 1. The summed E-state index contributed by atoms with van der Waals surface area (Å²) in [6, 6.07) is 0. The molecule has 7 nitrogen and oxygen atoms in total. The van der Waals surface area contributed by atoms with E-state index in [2.05, 4.69) is 26.8 Å². The molecular weight excluding hydrogens is 244 g/mol. The third-order valence-corrected chi connectivity index (χ3v) is 3.79. The van der Waals surface area contributed by atoms with Crippen LogP contribution in [0.5, 0.6) is 0 Å². The number of aliphatic hydroxyl groups excluding tert-OH is 1. The molecule has 1 fully saturated rings. The van der Waals surface area contributed by atoms with E-state index in [1.165, 1.54) is 6.33 Å². The molecule has 0 unspecified atom stereocenters. The lowest BCUT2D eigenvalue weighted by molar-refractivity contribution is 0.137. The van der Waals surface area contributed by atoms with E-state index in [1.54, 1.807) is 6.33 Å². The van der Waals surface area contributed by atoms with Crippen molar-refractivity contribution in [1.82, 2.24) is 24.4 Å². The quantitative estimate of drug-likeness (QED) is 0.813. The van der Waals surface area contributed by atoms with E-state index < -0.39 is 0 Å². The Labute approximate surface area is 111 Å². The van der Waals surface area contributed by atoms with Crippen LogP contribution in [-0.2, 0) is 6.67 Å². The lowest BCUT2D eigenvalue weighted by Gasteiger charge is -2.16. The number of rotatable bonds is 3. The minimum absolute atomic E-state index is 0.237. The van der Waals surface area contributed by atoms with E-state index in [0.717, 1.165) is 18.6 Å². The average molecular weight is 262 g/mol. The smallest absolute Gasteiger partial charge is 0.166 e. The maximum absolute atomic E-state index is 9.93. The van der Waals surface area contributed by atoms with Crippen LogP contribution in [0.2, 0.25) is 0 Å². The molecular formula is C12H18N6O. The molecule has 0 bridgehead atoms. The summed E-state index contributed by atoms with van der Waals surface area (Å²) in [6.07, 6.45) is 3.93. The van der Waals surface area contributed by atoms with Crippen molar-refractivity contribution in [1.29, 1.82) is 0 Å². The zero-order valence-corrected chi connectivity index (χ0v) is 10.9. The van der Waals surface area contributed by atoms with Gasteiger partial charge in [0, 0.05) is 13.1 Å². The van der Waals surface area contributed by atoms with E-state index >= 15 is 0 Å². The minimum Gasteiger partial charge on any atom is -0.391 e. The number of hydrogen-bond donors (Lipinski definition) is 2. The normalized spacial score (nSPS) is 24.3. The Bertz CT molecular complexity index is 583. The molecule has 1 saturated heterocycles. The van der Waals surface area contributed by atoms with Crippen molar-refractivity contribution in [3.8, 4) is 0 Å². The Hall–Kier alpha value is -1.73. The van der Waals surface area contributed by atoms with Gasteiger partial charge in [-0.25, -0.2) is 15.0 Å². The number of nitrogens with zero attached hydrogens (tertiary/aromatic N) is 5. The first-order valence-corrected chi connectivity index (χ1v) is 6.50. The second kappa shape index (κ2) is 4.75. The number of β-amino-alcohol motifs (C(OH)–C–C–N with tert-alkyl or cyclic N) is 1. The summed E-state index contributed by atoms with van der Waals surface area (Å²) in [5.74, 6) is 0.756. The lowest BCUT2D eigenvalue weighted by Crippen LogP contribution is -2.24. The highest BCUT2D eigenvalue weighted by atomic mass is 16.3. The molecule has 2 aromatic heterocycles. The summed E-state index contributed by atoms with van der Waals surface area (Å²) in [4.78, 5) is 14.6. The van der Waals surface area contributed by atoms with Crippen LogP contribution in [0.1, 0.15) is 13.3 Å². The fourth-order valence-corrected chi connectivity index (χ4v) is 2.68. The molecule has 1 aliphatic heterocycles. The zero-order valence-electron chi connectivity index (χ0n) is 10.9. The van der Waals surface area contributed by atoms with Gasteiger partial charge in [-0.2, -0.15) is 0 Å². The van der Waals surface area contributed by atoms with Crippen molar-refractivity contribution in [2.75, 3.05) is 18.8 Å². The van der Waals surface area contributed by atoms with Crippen LogP contribution in [0.15, 0.2) is 12.7 Å². The summed E-state index contributed by atoms with van der Waals surface area (Å²) < 4.78 is 1.94. The largest absolute Gasteiger partial charge is 0.391 e. The highest BCUT2D eigenvalue weighted by Crippen LogP contribution is 2.21. The molecule has 2 atom stereocenters. The number of aromatic nitrogens is 4.